The summed E-state index contributed by atoms with van der Waals surface area (Å²) < 4.78 is 0. The summed E-state index contributed by atoms with van der Waals surface area (Å²) in [6.45, 7) is 8.24. The average molecular weight is 348 g/mol. The molecule has 1 aliphatic heterocycles. The lowest BCUT2D eigenvalue weighted by molar-refractivity contribution is 0.102. The van der Waals surface area contributed by atoms with Crippen LogP contribution in [0.25, 0.3) is 0 Å². The van der Waals surface area contributed by atoms with Crippen LogP contribution < -0.4 is 10.6 Å². The number of allylic oxidation sites excluding steroid dienone is 1. The Morgan fingerprint density at radius 1 is 0.962 bits per heavy atom. The first kappa shape index (κ1) is 17.9. The molecule has 0 saturated carbocycles. The van der Waals surface area contributed by atoms with E-state index in [9.17, 15) is 9.59 Å². The van der Waals surface area contributed by atoms with E-state index < -0.39 is 6.04 Å². The molecule has 0 unspecified atom stereocenters. The number of ketones is 1. The third kappa shape index (κ3) is 3.54. The fourth-order valence-corrected chi connectivity index (χ4v) is 3.17. The minimum Gasteiger partial charge on any atom is -0.327 e. The molecule has 1 atom stereocenters. The molecule has 0 spiro atoms. The molecule has 0 aromatic heterocycles. The second kappa shape index (κ2) is 6.79. The van der Waals surface area contributed by atoms with Crippen molar-refractivity contribution in [2.45, 2.75) is 39.2 Å². The zero-order valence-electron chi connectivity index (χ0n) is 15.6. The Bertz CT molecular complexity index is 859. The number of hydrogen-bond acceptors (Lipinski definition) is 2. The van der Waals surface area contributed by atoms with Gasteiger partial charge in [0.1, 0.15) is 0 Å². The summed E-state index contributed by atoms with van der Waals surface area (Å²) in [4.78, 5) is 25.1. The fourth-order valence-electron chi connectivity index (χ4n) is 3.17. The minimum absolute atomic E-state index is 0.0460. The van der Waals surface area contributed by atoms with Crippen molar-refractivity contribution in [3.63, 3.8) is 0 Å². The second-order valence-corrected chi connectivity index (χ2v) is 7.64. The molecule has 4 nitrogen and oxygen atoms in total. The summed E-state index contributed by atoms with van der Waals surface area (Å²) >= 11 is 0. The number of rotatable bonds is 3. The van der Waals surface area contributed by atoms with Gasteiger partial charge in [-0.25, -0.2) is 4.79 Å². The number of benzene rings is 2. The molecule has 3 rings (SSSR count). The molecule has 134 valence electrons. The lowest BCUT2D eigenvalue weighted by Crippen LogP contribution is -2.45. The van der Waals surface area contributed by atoms with Gasteiger partial charge in [-0.1, -0.05) is 75.4 Å². The number of Topliss-reactive ketones (excluding diaryl/α,β-unsaturated/α-hetero) is 1. The van der Waals surface area contributed by atoms with Gasteiger partial charge in [0.15, 0.2) is 5.78 Å². The van der Waals surface area contributed by atoms with Gasteiger partial charge >= 0.3 is 6.03 Å². The number of nitrogens with one attached hydrogen (secondary N) is 2. The number of urea groups is 1. The Balaban J connectivity index is 2.02. The van der Waals surface area contributed by atoms with Crippen LogP contribution in [0.3, 0.4) is 0 Å². The van der Waals surface area contributed by atoms with Gasteiger partial charge in [0.05, 0.1) is 6.04 Å². The number of amides is 2. The topological polar surface area (TPSA) is 58.2 Å². The summed E-state index contributed by atoms with van der Waals surface area (Å²) in [6, 6.07) is 16.5. The predicted molar refractivity (Wildman–Crippen MR) is 103 cm³/mol. The third-order valence-electron chi connectivity index (χ3n) is 4.66. The van der Waals surface area contributed by atoms with Crippen LogP contribution in [0.4, 0.5) is 4.79 Å². The Labute approximate surface area is 154 Å². The van der Waals surface area contributed by atoms with Gasteiger partial charge in [0.2, 0.25) is 0 Å². The number of carbonyl (C=O) groups is 2. The van der Waals surface area contributed by atoms with Crippen molar-refractivity contribution < 1.29 is 9.59 Å². The van der Waals surface area contributed by atoms with Crippen molar-refractivity contribution in [3.8, 4) is 0 Å². The average Bonchev–Trinajstić information content (AvgIpc) is 2.61. The summed E-state index contributed by atoms with van der Waals surface area (Å²) in [5, 5.41) is 5.62. The van der Waals surface area contributed by atoms with Crippen molar-refractivity contribution in [2.75, 3.05) is 0 Å². The van der Waals surface area contributed by atoms with E-state index in [1.54, 1.807) is 19.1 Å². The maximum atomic E-state index is 13.1. The van der Waals surface area contributed by atoms with Gasteiger partial charge in [-0.15, -0.1) is 0 Å². The van der Waals surface area contributed by atoms with Gasteiger partial charge in [-0.3, -0.25) is 4.79 Å². The fraction of sp³-hybridized carbons (Fsp3) is 0.273. The van der Waals surface area contributed by atoms with E-state index in [4.69, 9.17) is 0 Å². The highest BCUT2D eigenvalue weighted by molar-refractivity contribution is 6.11. The molecular weight excluding hydrogens is 324 g/mol. The molecule has 0 fully saturated rings. The summed E-state index contributed by atoms with van der Waals surface area (Å²) in [7, 11) is 0. The van der Waals surface area contributed by atoms with E-state index in [1.165, 1.54) is 5.56 Å². The number of hydrogen-bond donors (Lipinski definition) is 2. The van der Waals surface area contributed by atoms with Gasteiger partial charge < -0.3 is 10.6 Å². The van der Waals surface area contributed by atoms with E-state index in [1.807, 2.05) is 30.3 Å². The minimum atomic E-state index is -0.467. The van der Waals surface area contributed by atoms with Crippen LogP contribution in [-0.2, 0) is 5.41 Å². The summed E-state index contributed by atoms with van der Waals surface area (Å²) in [6.07, 6.45) is 0. The highest BCUT2D eigenvalue weighted by Gasteiger charge is 2.31. The van der Waals surface area contributed by atoms with Crippen LogP contribution in [0.2, 0.25) is 0 Å². The summed E-state index contributed by atoms with van der Waals surface area (Å²) in [5.41, 5.74) is 3.91. The Morgan fingerprint density at radius 3 is 2.15 bits per heavy atom. The van der Waals surface area contributed by atoms with E-state index in [0.29, 0.717) is 16.8 Å². The van der Waals surface area contributed by atoms with E-state index in [0.717, 1.165) is 5.56 Å². The zero-order chi connectivity index (χ0) is 18.9. The van der Waals surface area contributed by atoms with Gasteiger partial charge in [-0.05, 0) is 23.5 Å². The quantitative estimate of drug-likeness (QED) is 0.803. The lowest BCUT2D eigenvalue weighted by Gasteiger charge is -2.29. The smallest absolute Gasteiger partial charge is 0.319 e. The molecule has 1 aliphatic rings. The monoisotopic (exact) mass is 348 g/mol. The van der Waals surface area contributed by atoms with Crippen LogP contribution in [-0.4, -0.2) is 11.8 Å². The SMILES string of the molecule is CC1=C(C(=O)c2ccccc2)[C@@H](c2ccc(C(C)(C)C)cc2)NC(=O)N1. The van der Waals surface area contributed by atoms with Crippen molar-refractivity contribution in [1.82, 2.24) is 10.6 Å². The van der Waals surface area contributed by atoms with E-state index in [-0.39, 0.29) is 17.2 Å². The largest absolute Gasteiger partial charge is 0.327 e. The Kier molecular flexibility index (Phi) is 4.68. The second-order valence-electron chi connectivity index (χ2n) is 7.64. The highest BCUT2D eigenvalue weighted by Crippen LogP contribution is 2.31. The molecular formula is C22H24N2O2. The summed E-state index contributed by atoms with van der Waals surface area (Å²) in [5.74, 6) is -0.0829. The molecule has 2 amide bonds. The molecule has 1 heterocycles. The van der Waals surface area contributed by atoms with Crippen LogP contribution in [0.1, 0.15) is 55.2 Å². The van der Waals surface area contributed by atoms with E-state index >= 15 is 0 Å². The normalized spacial score (nSPS) is 17.5. The van der Waals surface area contributed by atoms with Crippen molar-refractivity contribution in [2.24, 2.45) is 0 Å². The standard InChI is InChI=1S/C22H24N2O2/c1-14-18(20(25)16-8-6-5-7-9-16)19(24-21(26)23-14)15-10-12-17(13-11-15)22(2,3)4/h5-13,19H,1-4H3,(H2,23,24,26)/t19-/m1/s1. The van der Waals surface area contributed by atoms with Gasteiger partial charge in [0, 0.05) is 16.8 Å². The maximum Gasteiger partial charge on any atom is 0.319 e. The van der Waals surface area contributed by atoms with Crippen LogP contribution >= 0.6 is 0 Å². The lowest BCUT2D eigenvalue weighted by atomic mass is 9.84. The first-order valence-electron chi connectivity index (χ1n) is 8.76. The Morgan fingerprint density at radius 2 is 1.58 bits per heavy atom. The zero-order valence-corrected chi connectivity index (χ0v) is 15.6. The first-order chi connectivity index (χ1) is 12.3. The molecule has 4 heteroatoms. The van der Waals surface area contributed by atoms with Gasteiger partial charge in [-0.2, -0.15) is 0 Å². The van der Waals surface area contributed by atoms with Crippen LogP contribution in [0.15, 0.2) is 65.9 Å². The third-order valence-corrected chi connectivity index (χ3v) is 4.66. The Hall–Kier alpha value is -2.88. The number of carbonyl (C=O) groups excluding carboxylic acids is 2. The molecule has 2 aromatic rings. The highest BCUT2D eigenvalue weighted by atomic mass is 16.2. The molecule has 0 radical (unpaired) electrons. The molecule has 2 aromatic carbocycles. The molecule has 0 aliphatic carbocycles. The van der Waals surface area contributed by atoms with Crippen LogP contribution in [0, 0.1) is 0 Å². The first-order valence-corrected chi connectivity index (χ1v) is 8.76. The maximum absolute atomic E-state index is 13.1. The molecule has 0 bridgehead atoms. The van der Waals surface area contributed by atoms with Crippen molar-refractivity contribution in [1.29, 1.82) is 0 Å². The molecule has 2 N–H and O–H groups in total. The predicted octanol–water partition coefficient (Wildman–Crippen LogP) is 4.49. The molecule has 0 saturated heterocycles. The van der Waals surface area contributed by atoms with E-state index in [2.05, 4.69) is 43.5 Å². The van der Waals surface area contributed by atoms with Crippen molar-refractivity contribution >= 4 is 11.8 Å². The van der Waals surface area contributed by atoms with Crippen LogP contribution in [0.5, 0.6) is 0 Å². The molecule has 26 heavy (non-hydrogen) atoms. The van der Waals surface area contributed by atoms with Gasteiger partial charge in [0.25, 0.3) is 0 Å². The van der Waals surface area contributed by atoms with Crippen molar-refractivity contribution in [3.05, 3.63) is 82.6 Å².